The van der Waals surface area contributed by atoms with Crippen LogP contribution in [0.1, 0.15) is 0 Å². The molecule has 2 heterocycles. The van der Waals surface area contributed by atoms with Gasteiger partial charge in [-0.3, -0.25) is 0 Å². The van der Waals surface area contributed by atoms with Crippen molar-refractivity contribution in [2.24, 2.45) is 0 Å². The second-order valence-corrected chi connectivity index (χ2v) is 4.73. The van der Waals surface area contributed by atoms with Crippen LogP contribution in [0.4, 0.5) is 11.5 Å². The van der Waals surface area contributed by atoms with Crippen molar-refractivity contribution in [3.05, 3.63) is 40.8 Å². The first kappa shape index (κ1) is 13.0. The van der Waals surface area contributed by atoms with Crippen LogP contribution >= 0.6 is 23.2 Å². The van der Waals surface area contributed by atoms with E-state index in [9.17, 15) is 0 Å². The average molecular weight is 310 g/mol. The summed E-state index contributed by atoms with van der Waals surface area (Å²) in [5.74, 6) is 1.66. The molecule has 0 spiro atoms. The highest BCUT2D eigenvalue weighted by Gasteiger charge is 2.10. The van der Waals surface area contributed by atoms with Crippen LogP contribution in [-0.2, 0) is 0 Å². The summed E-state index contributed by atoms with van der Waals surface area (Å²) in [5, 5.41) is 8.14. The summed E-state index contributed by atoms with van der Waals surface area (Å²) >= 11 is 12.0. The number of anilines is 2. The molecule has 3 aromatic rings. The molecule has 1 N–H and O–H groups in total. The Balaban J connectivity index is 2.09. The van der Waals surface area contributed by atoms with Crippen molar-refractivity contribution >= 4 is 40.5 Å². The molecule has 102 valence electrons. The van der Waals surface area contributed by atoms with Gasteiger partial charge < -0.3 is 10.1 Å². The molecule has 0 unspecified atom stereocenters. The minimum absolute atomic E-state index is 0.314. The number of ether oxygens (including phenoxy) is 1. The van der Waals surface area contributed by atoms with Gasteiger partial charge in [0.05, 0.1) is 12.8 Å². The first-order valence-electron chi connectivity index (χ1n) is 5.64. The van der Waals surface area contributed by atoms with Gasteiger partial charge in [-0.25, -0.2) is 0 Å². The Morgan fingerprint density at radius 1 is 1.25 bits per heavy atom. The first-order chi connectivity index (χ1) is 9.67. The lowest BCUT2D eigenvalue weighted by molar-refractivity contribution is 0.417. The third-order valence-electron chi connectivity index (χ3n) is 2.64. The molecule has 0 bridgehead atoms. The molecular weight excluding hydrogens is 301 g/mol. The molecule has 8 heteroatoms. The van der Waals surface area contributed by atoms with E-state index in [1.807, 2.05) is 0 Å². The molecule has 0 aliphatic rings. The summed E-state index contributed by atoms with van der Waals surface area (Å²) in [6.45, 7) is 0. The zero-order valence-electron chi connectivity index (χ0n) is 10.3. The number of hydrogen-bond acceptors (Lipinski definition) is 5. The summed E-state index contributed by atoms with van der Waals surface area (Å²) in [5.41, 5.74) is 0.694. The van der Waals surface area contributed by atoms with E-state index in [-0.39, 0.29) is 0 Å². The van der Waals surface area contributed by atoms with Crippen LogP contribution in [-0.4, -0.2) is 26.7 Å². The lowest BCUT2D eigenvalue weighted by Gasteiger charge is -2.12. The van der Waals surface area contributed by atoms with Crippen molar-refractivity contribution in [3.63, 3.8) is 0 Å². The van der Waals surface area contributed by atoms with Gasteiger partial charge in [-0.1, -0.05) is 23.2 Å². The van der Waals surface area contributed by atoms with Crippen molar-refractivity contribution in [2.75, 3.05) is 12.4 Å². The van der Waals surface area contributed by atoms with Crippen molar-refractivity contribution in [1.82, 2.24) is 19.6 Å². The maximum atomic E-state index is 6.00. The molecule has 0 aliphatic carbocycles. The summed E-state index contributed by atoms with van der Waals surface area (Å²) in [7, 11) is 1.58. The highest BCUT2D eigenvalue weighted by atomic mass is 35.5. The zero-order valence-corrected chi connectivity index (χ0v) is 11.9. The summed E-state index contributed by atoms with van der Waals surface area (Å²) in [4.78, 5) is 8.06. The van der Waals surface area contributed by atoms with Gasteiger partial charge in [-0.15, -0.1) is 0 Å². The van der Waals surface area contributed by atoms with Gasteiger partial charge in [0, 0.05) is 11.1 Å². The highest BCUT2D eigenvalue weighted by molar-refractivity contribution is 6.31. The molecule has 20 heavy (non-hydrogen) atoms. The fourth-order valence-electron chi connectivity index (χ4n) is 1.79. The normalized spacial score (nSPS) is 10.8. The molecule has 0 fully saturated rings. The number of nitrogens with one attached hydrogen (secondary N) is 1. The van der Waals surface area contributed by atoms with Crippen molar-refractivity contribution in [3.8, 4) is 5.75 Å². The topological polar surface area (TPSA) is 64.3 Å². The van der Waals surface area contributed by atoms with Crippen molar-refractivity contribution < 1.29 is 4.74 Å². The number of benzene rings is 1. The molecule has 0 aliphatic heterocycles. The van der Waals surface area contributed by atoms with Gasteiger partial charge in [0.15, 0.2) is 0 Å². The fourth-order valence-corrected chi connectivity index (χ4v) is 2.14. The monoisotopic (exact) mass is 309 g/mol. The molecule has 0 saturated heterocycles. The van der Waals surface area contributed by atoms with E-state index in [0.29, 0.717) is 33.2 Å². The van der Waals surface area contributed by atoms with Crippen LogP contribution < -0.4 is 10.1 Å². The number of methoxy groups -OCH3 is 1. The third-order valence-corrected chi connectivity index (χ3v) is 3.07. The van der Waals surface area contributed by atoms with Crippen LogP contribution in [0.2, 0.25) is 10.2 Å². The number of hydrogen-bond donors (Lipinski definition) is 1. The second kappa shape index (κ2) is 5.15. The fraction of sp³-hybridized carbons (Fsp3) is 0.0833. The Morgan fingerprint density at radius 2 is 2.10 bits per heavy atom. The SMILES string of the molecule is COc1ccc(Cl)cc1Nc1cc(Cl)nc2ncnn12. The van der Waals surface area contributed by atoms with Gasteiger partial charge in [0.1, 0.15) is 23.0 Å². The standard InChI is InChI=1S/C12H9Cl2N5O/c1-20-9-3-2-7(13)4-8(9)17-11-5-10(14)18-12-15-6-16-19(11)12/h2-6,17H,1H3. The quantitative estimate of drug-likeness (QED) is 0.753. The van der Waals surface area contributed by atoms with E-state index in [1.165, 1.54) is 10.8 Å². The molecule has 0 amide bonds. The van der Waals surface area contributed by atoms with E-state index in [4.69, 9.17) is 27.9 Å². The molecule has 2 aromatic heterocycles. The maximum Gasteiger partial charge on any atom is 0.255 e. The Bertz CT molecular complexity index is 774. The zero-order chi connectivity index (χ0) is 14.1. The maximum absolute atomic E-state index is 6.00. The molecule has 0 saturated carbocycles. The van der Waals surface area contributed by atoms with Crippen molar-refractivity contribution in [1.29, 1.82) is 0 Å². The molecule has 0 radical (unpaired) electrons. The van der Waals surface area contributed by atoms with Crippen molar-refractivity contribution in [2.45, 2.75) is 0 Å². The average Bonchev–Trinajstić information content (AvgIpc) is 2.87. The van der Waals surface area contributed by atoms with E-state index < -0.39 is 0 Å². The number of nitrogens with zero attached hydrogens (tertiary/aromatic N) is 4. The van der Waals surface area contributed by atoms with Gasteiger partial charge >= 0.3 is 0 Å². The summed E-state index contributed by atoms with van der Waals surface area (Å²) in [6.07, 6.45) is 1.40. The van der Waals surface area contributed by atoms with Gasteiger partial charge in [-0.05, 0) is 18.2 Å². The van der Waals surface area contributed by atoms with Gasteiger partial charge in [0.2, 0.25) is 0 Å². The van der Waals surface area contributed by atoms with Crippen LogP contribution in [0.15, 0.2) is 30.6 Å². The minimum atomic E-state index is 0.314. The van der Waals surface area contributed by atoms with Crippen LogP contribution in [0.25, 0.3) is 5.78 Å². The van der Waals surface area contributed by atoms with E-state index in [1.54, 1.807) is 31.4 Å². The molecule has 6 nitrogen and oxygen atoms in total. The number of halogens is 2. The van der Waals surface area contributed by atoms with Crippen LogP contribution in [0, 0.1) is 0 Å². The van der Waals surface area contributed by atoms with Crippen LogP contribution in [0.3, 0.4) is 0 Å². The van der Waals surface area contributed by atoms with E-state index in [0.717, 1.165) is 0 Å². The molecule has 1 aromatic carbocycles. The highest BCUT2D eigenvalue weighted by Crippen LogP contribution is 2.30. The van der Waals surface area contributed by atoms with Gasteiger partial charge in [0.25, 0.3) is 5.78 Å². The summed E-state index contributed by atoms with van der Waals surface area (Å²) in [6, 6.07) is 6.91. The molecular formula is C12H9Cl2N5O. The largest absolute Gasteiger partial charge is 0.495 e. The lowest BCUT2D eigenvalue weighted by atomic mass is 10.3. The van der Waals surface area contributed by atoms with Gasteiger partial charge in [-0.2, -0.15) is 19.6 Å². The first-order valence-corrected chi connectivity index (χ1v) is 6.40. The van der Waals surface area contributed by atoms with E-state index >= 15 is 0 Å². The van der Waals surface area contributed by atoms with Crippen LogP contribution in [0.5, 0.6) is 5.75 Å². The number of aromatic nitrogens is 4. The predicted molar refractivity (Wildman–Crippen MR) is 77.1 cm³/mol. The summed E-state index contributed by atoms with van der Waals surface area (Å²) < 4.78 is 6.82. The number of rotatable bonds is 3. The Hall–Kier alpha value is -2.05. The minimum Gasteiger partial charge on any atom is -0.495 e. The molecule has 3 rings (SSSR count). The Labute approximate surface area is 124 Å². The second-order valence-electron chi connectivity index (χ2n) is 3.91. The Kier molecular flexibility index (Phi) is 3.33. The van der Waals surface area contributed by atoms with E-state index in [2.05, 4.69) is 20.4 Å². The number of fused-ring (bicyclic) bond motifs is 1. The lowest BCUT2D eigenvalue weighted by Crippen LogP contribution is -2.02. The third kappa shape index (κ3) is 2.35. The Morgan fingerprint density at radius 3 is 2.90 bits per heavy atom. The smallest absolute Gasteiger partial charge is 0.255 e. The predicted octanol–water partition coefficient (Wildman–Crippen LogP) is 3.18. The molecule has 0 atom stereocenters.